The molecule has 0 unspecified atom stereocenters. The highest BCUT2D eigenvalue weighted by molar-refractivity contribution is 7.80. The third-order valence-electron chi connectivity index (χ3n) is 5.25. The van der Waals surface area contributed by atoms with Crippen molar-refractivity contribution in [3.63, 3.8) is 0 Å². The molecule has 0 atom stereocenters. The maximum absolute atomic E-state index is 5.66. The van der Waals surface area contributed by atoms with Crippen LogP contribution in [0.3, 0.4) is 0 Å². The summed E-state index contributed by atoms with van der Waals surface area (Å²) < 4.78 is 5.66. The van der Waals surface area contributed by atoms with Gasteiger partial charge in [-0.1, -0.05) is 103 Å². The number of hydrogen-bond acceptors (Lipinski definition) is 2. The number of hydrogen-bond donors (Lipinski definition) is 0. The van der Waals surface area contributed by atoms with Gasteiger partial charge in [0.2, 0.25) is 0 Å². The SMILES string of the molecule is CCCCCCCCCCCCCCCCCCOC(=S)N(CC)CC. The summed E-state index contributed by atoms with van der Waals surface area (Å²) in [5.41, 5.74) is 0. The molecule has 0 aromatic carbocycles. The Bertz CT molecular complexity index is 292. The molecule has 0 aliphatic carbocycles. The summed E-state index contributed by atoms with van der Waals surface area (Å²) in [6.45, 7) is 9.19. The van der Waals surface area contributed by atoms with Crippen molar-refractivity contribution in [2.75, 3.05) is 19.7 Å². The molecule has 2 nitrogen and oxygen atoms in total. The maximum Gasteiger partial charge on any atom is 0.259 e. The predicted octanol–water partition coefficient (Wildman–Crippen LogP) is 7.89. The molecule has 0 saturated heterocycles. The van der Waals surface area contributed by atoms with Gasteiger partial charge in [-0.2, -0.15) is 0 Å². The molecule has 0 amide bonds. The maximum atomic E-state index is 5.66. The molecule has 0 N–H and O–H groups in total. The Morgan fingerprint density at radius 2 is 0.923 bits per heavy atom. The highest BCUT2D eigenvalue weighted by Crippen LogP contribution is 2.13. The van der Waals surface area contributed by atoms with Crippen LogP contribution >= 0.6 is 12.2 Å². The number of nitrogens with zero attached hydrogens (tertiary/aromatic N) is 1. The zero-order chi connectivity index (χ0) is 19.3. The Kier molecular flexibility index (Phi) is 20.7. The van der Waals surface area contributed by atoms with Gasteiger partial charge in [-0.25, -0.2) is 0 Å². The zero-order valence-electron chi connectivity index (χ0n) is 18.2. The first-order valence-corrected chi connectivity index (χ1v) is 12.1. The highest BCUT2D eigenvalue weighted by atomic mass is 32.1. The molecular weight excluding hydrogens is 338 g/mol. The van der Waals surface area contributed by atoms with E-state index in [2.05, 4.69) is 25.7 Å². The lowest BCUT2D eigenvalue weighted by Crippen LogP contribution is -2.31. The van der Waals surface area contributed by atoms with E-state index in [1.165, 1.54) is 96.3 Å². The first-order valence-electron chi connectivity index (χ1n) is 11.7. The molecule has 0 radical (unpaired) electrons. The molecular formula is C23H47NOS. The molecule has 156 valence electrons. The second-order valence-electron chi connectivity index (χ2n) is 7.59. The van der Waals surface area contributed by atoms with Gasteiger partial charge in [-0.05, 0) is 32.5 Å². The predicted molar refractivity (Wildman–Crippen MR) is 121 cm³/mol. The summed E-state index contributed by atoms with van der Waals surface area (Å²) in [7, 11) is 0. The van der Waals surface area contributed by atoms with Crippen LogP contribution in [0.25, 0.3) is 0 Å². The number of rotatable bonds is 19. The lowest BCUT2D eigenvalue weighted by atomic mass is 10.0. The molecule has 0 aliphatic heterocycles. The first kappa shape index (κ1) is 25.7. The van der Waals surface area contributed by atoms with Crippen molar-refractivity contribution in [3.05, 3.63) is 0 Å². The van der Waals surface area contributed by atoms with Crippen LogP contribution in [0.15, 0.2) is 0 Å². The van der Waals surface area contributed by atoms with Crippen LogP contribution in [-0.4, -0.2) is 29.8 Å². The monoisotopic (exact) mass is 385 g/mol. The fourth-order valence-electron chi connectivity index (χ4n) is 3.38. The smallest absolute Gasteiger partial charge is 0.259 e. The van der Waals surface area contributed by atoms with E-state index < -0.39 is 0 Å². The average Bonchev–Trinajstić information content (AvgIpc) is 2.65. The summed E-state index contributed by atoms with van der Waals surface area (Å²) in [5.74, 6) is 0. The van der Waals surface area contributed by atoms with Gasteiger partial charge < -0.3 is 9.64 Å². The van der Waals surface area contributed by atoms with Crippen LogP contribution in [-0.2, 0) is 4.74 Å². The van der Waals surface area contributed by atoms with Crippen molar-refractivity contribution in [1.82, 2.24) is 4.90 Å². The number of unbranched alkanes of at least 4 members (excludes halogenated alkanes) is 15. The Morgan fingerprint density at radius 3 is 1.27 bits per heavy atom. The minimum Gasteiger partial charge on any atom is -0.471 e. The number of thiocarbonyl (C=S) groups is 1. The molecule has 0 bridgehead atoms. The largest absolute Gasteiger partial charge is 0.471 e. The van der Waals surface area contributed by atoms with Crippen LogP contribution in [0.4, 0.5) is 0 Å². The van der Waals surface area contributed by atoms with Crippen molar-refractivity contribution < 1.29 is 4.74 Å². The van der Waals surface area contributed by atoms with Crippen molar-refractivity contribution in [2.24, 2.45) is 0 Å². The molecule has 0 aliphatic rings. The van der Waals surface area contributed by atoms with Crippen molar-refractivity contribution in [1.29, 1.82) is 0 Å². The molecule has 0 heterocycles. The van der Waals surface area contributed by atoms with Crippen molar-refractivity contribution in [3.8, 4) is 0 Å². The van der Waals surface area contributed by atoms with E-state index in [9.17, 15) is 0 Å². The van der Waals surface area contributed by atoms with Crippen LogP contribution in [0.2, 0.25) is 0 Å². The van der Waals surface area contributed by atoms with Crippen LogP contribution < -0.4 is 0 Å². The van der Waals surface area contributed by atoms with Crippen LogP contribution in [0, 0.1) is 0 Å². The fourth-order valence-corrected chi connectivity index (χ4v) is 3.72. The van der Waals surface area contributed by atoms with Gasteiger partial charge in [0.05, 0.1) is 6.61 Å². The first-order chi connectivity index (χ1) is 12.8. The van der Waals surface area contributed by atoms with Gasteiger partial charge in [-0.3, -0.25) is 0 Å². The van der Waals surface area contributed by atoms with Crippen LogP contribution in [0.1, 0.15) is 124 Å². The van der Waals surface area contributed by atoms with Gasteiger partial charge in [0.1, 0.15) is 0 Å². The van der Waals surface area contributed by atoms with Crippen LogP contribution in [0.5, 0.6) is 0 Å². The normalized spacial score (nSPS) is 10.9. The van der Waals surface area contributed by atoms with E-state index in [1.54, 1.807) is 0 Å². The fraction of sp³-hybridized carbons (Fsp3) is 0.957. The second-order valence-corrected chi connectivity index (χ2v) is 7.94. The molecule has 3 heteroatoms. The standard InChI is InChI=1S/C23H47NOS/c1-4-7-8-9-10-11-12-13-14-15-16-17-18-19-20-21-22-25-23(26)24(5-2)6-3/h4-22H2,1-3H3. The van der Waals surface area contributed by atoms with E-state index in [4.69, 9.17) is 17.0 Å². The molecule has 0 aromatic rings. The molecule has 0 fully saturated rings. The Morgan fingerprint density at radius 1 is 0.577 bits per heavy atom. The van der Waals surface area contributed by atoms with Gasteiger partial charge >= 0.3 is 0 Å². The van der Waals surface area contributed by atoms with Gasteiger partial charge in [0, 0.05) is 13.1 Å². The molecule has 0 aromatic heterocycles. The topological polar surface area (TPSA) is 12.5 Å². The Balaban J connectivity index is 3.14. The number of ether oxygens (including phenoxy) is 1. The molecule has 0 rings (SSSR count). The summed E-state index contributed by atoms with van der Waals surface area (Å²) >= 11 is 5.29. The highest BCUT2D eigenvalue weighted by Gasteiger charge is 2.05. The van der Waals surface area contributed by atoms with Gasteiger partial charge in [-0.15, -0.1) is 0 Å². The van der Waals surface area contributed by atoms with Gasteiger partial charge in [0.15, 0.2) is 0 Å². The van der Waals surface area contributed by atoms with Crippen molar-refractivity contribution in [2.45, 2.75) is 124 Å². The lowest BCUT2D eigenvalue weighted by molar-refractivity contribution is 0.241. The molecule has 0 saturated carbocycles. The third-order valence-corrected chi connectivity index (χ3v) is 5.62. The van der Waals surface area contributed by atoms with E-state index in [-0.39, 0.29) is 0 Å². The average molecular weight is 386 g/mol. The summed E-state index contributed by atoms with van der Waals surface area (Å²) in [5, 5.41) is 0.677. The second kappa shape index (κ2) is 21.0. The van der Waals surface area contributed by atoms with E-state index in [1.807, 2.05) is 0 Å². The van der Waals surface area contributed by atoms with E-state index in [0.29, 0.717) is 5.17 Å². The summed E-state index contributed by atoms with van der Waals surface area (Å²) in [6, 6.07) is 0. The molecule has 0 spiro atoms. The lowest BCUT2D eigenvalue weighted by Gasteiger charge is -2.21. The minimum absolute atomic E-state index is 0.677. The third kappa shape index (κ3) is 17.1. The minimum atomic E-state index is 0.677. The Hall–Kier alpha value is -0.310. The molecule has 26 heavy (non-hydrogen) atoms. The van der Waals surface area contributed by atoms with E-state index >= 15 is 0 Å². The summed E-state index contributed by atoms with van der Waals surface area (Å²) in [6.07, 6.45) is 22.4. The Labute approximate surface area is 170 Å². The quantitative estimate of drug-likeness (QED) is 0.166. The van der Waals surface area contributed by atoms with Gasteiger partial charge in [0.25, 0.3) is 5.17 Å². The summed E-state index contributed by atoms with van der Waals surface area (Å²) in [4.78, 5) is 2.10. The zero-order valence-corrected chi connectivity index (χ0v) is 19.0. The van der Waals surface area contributed by atoms with E-state index in [0.717, 1.165) is 26.1 Å². The van der Waals surface area contributed by atoms with Crippen molar-refractivity contribution >= 4 is 17.4 Å².